The maximum atomic E-state index is 13.6. The first-order chi connectivity index (χ1) is 18.1. The van der Waals surface area contributed by atoms with Crippen molar-refractivity contribution in [2.75, 3.05) is 25.0 Å². The van der Waals surface area contributed by atoms with Gasteiger partial charge in [0.2, 0.25) is 11.8 Å². The first-order valence-corrected chi connectivity index (χ1v) is 15.0. The number of piperidine rings is 1. The van der Waals surface area contributed by atoms with E-state index in [0.717, 1.165) is 10.6 Å². The Hall–Kier alpha value is -2.34. The quantitative estimate of drug-likeness (QED) is 0.427. The van der Waals surface area contributed by atoms with Crippen LogP contribution in [0.15, 0.2) is 17.5 Å². The van der Waals surface area contributed by atoms with Gasteiger partial charge in [-0.2, -0.15) is 0 Å². The molecule has 5 unspecified atom stereocenters. The molecule has 9 nitrogen and oxygen atoms in total. The minimum absolute atomic E-state index is 0.0136. The van der Waals surface area contributed by atoms with E-state index in [1.807, 2.05) is 23.3 Å². The number of hydrogen-bond acceptors (Lipinski definition) is 8. The standard InChI is InChI=1S/C27H36N4O5S2/c1-26-8-5-20(33)27(2,14-32)19(26)13-18-22(29-25(38-18)30-24(36)17-4-3-11-37-17)16(26)12-21(34)31-9-6-15(7-10-31)23(28)35/h3-4,11,15-16,19-20,32-33H,5-10,12-14H2,1-2H3,(H2,28,35)(H,29,30,36). The Morgan fingerprint density at radius 2 is 1.97 bits per heavy atom. The highest BCUT2D eigenvalue weighted by Crippen LogP contribution is 2.63. The van der Waals surface area contributed by atoms with E-state index >= 15 is 0 Å². The number of nitrogens with zero attached hydrogens (tertiary/aromatic N) is 2. The average molecular weight is 561 g/mol. The van der Waals surface area contributed by atoms with E-state index in [0.29, 0.717) is 55.2 Å². The van der Waals surface area contributed by atoms with Crippen molar-refractivity contribution < 1.29 is 24.6 Å². The number of nitrogens with two attached hydrogens (primary N) is 1. The van der Waals surface area contributed by atoms with Gasteiger partial charge in [0, 0.05) is 41.6 Å². The minimum Gasteiger partial charge on any atom is -0.396 e. The highest BCUT2D eigenvalue weighted by atomic mass is 32.1. The number of aliphatic hydroxyl groups is 2. The molecule has 5 atom stereocenters. The lowest BCUT2D eigenvalue weighted by atomic mass is 9.47. The molecule has 0 bridgehead atoms. The summed E-state index contributed by atoms with van der Waals surface area (Å²) in [5.74, 6) is -0.987. The van der Waals surface area contributed by atoms with E-state index in [1.165, 1.54) is 22.7 Å². The normalized spacial score (nSPS) is 31.4. The fourth-order valence-electron chi connectivity index (χ4n) is 6.98. The van der Waals surface area contributed by atoms with Gasteiger partial charge >= 0.3 is 0 Å². The lowest BCUT2D eigenvalue weighted by molar-refractivity contribution is -0.148. The van der Waals surface area contributed by atoms with E-state index in [2.05, 4.69) is 12.2 Å². The molecule has 2 fully saturated rings. The number of amides is 3. The molecule has 2 aliphatic carbocycles. The van der Waals surface area contributed by atoms with Crippen LogP contribution in [0.3, 0.4) is 0 Å². The zero-order valence-electron chi connectivity index (χ0n) is 21.8. The molecule has 1 saturated heterocycles. The van der Waals surface area contributed by atoms with Crippen LogP contribution in [0.25, 0.3) is 0 Å². The number of carbonyl (C=O) groups excluding carboxylic acids is 3. The lowest BCUT2D eigenvalue weighted by Crippen LogP contribution is -2.58. The SMILES string of the molecule is CC1(CO)C(O)CCC2(C)C(CC(=O)N3CCC(C(N)=O)CC3)c3nc(NC(=O)c4cccs4)sc3CC12. The molecule has 206 valence electrons. The number of thiazole rings is 1. The molecule has 2 aromatic rings. The van der Waals surface area contributed by atoms with Crippen molar-refractivity contribution in [1.82, 2.24) is 9.88 Å². The molecular formula is C27H36N4O5S2. The Morgan fingerprint density at radius 1 is 1.24 bits per heavy atom. The third-order valence-corrected chi connectivity index (χ3v) is 11.4. The van der Waals surface area contributed by atoms with Crippen molar-refractivity contribution in [2.45, 2.75) is 64.4 Å². The number of thiophene rings is 1. The summed E-state index contributed by atoms with van der Waals surface area (Å²) >= 11 is 2.78. The van der Waals surface area contributed by atoms with Gasteiger partial charge in [0.15, 0.2) is 5.13 Å². The summed E-state index contributed by atoms with van der Waals surface area (Å²) in [6.07, 6.45) is 2.64. The highest BCUT2D eigenvalue weighted by Gasteiger charge is 2.59. The number of carbonyl (C=O) groups is 3. The molecule has 11 heteroatoms. The number of fused-ring (bicyclic) bond motifs is 2. The van der Waals surface area contributed by atoms with Crippen molar-refractivity contribution in [1.29, 1.82) is 0 Å². The van der Waals surface area contributed by atoms with E-state index in [1.54, 1.807) is 6.07 Å². The third kappa shape index (κ3) is 4.67. The summed E-state index contributed by atoms with van der Waals surface area (Å²) in [5.41, 5.74) is 5.24. The molecule has 5 N–H and O–H groups in total. The first-order valence-electron chi connectivity index (χ1n) is 13.3. The Kier molecular flexibility index (Phi) is 7.40. The Labute approximate surface area is 230 Å². The molecule has 0 aromatic carbocycles. The van der Waals surface area contributed by atoms with Crippen molar-refractivity contribution in [3.8, 4) is 0 Å². The van der Waals surface area contributed by atoms with Crippen LogP contribution >= 0.6 is 22.7 Å². The Balaban J connectivity index is 1.46. The fraction of sp³-hybridized carbons (Fsp3) is 0.630. The summed E-state index contributed by atoms with van der Waals surface area (Å²) in [6.45, 7) is 4.96. The molecule has 3 amide bonds. The number of anilines is 1. The van der Waals surface area contributed by atoms with Crippen LogP contribution in [-0.4, -0.2) is 63.6 Å². The maximum absolute atomic E-state index is 13.6. The number of aromatic nitrogens is 1. The van der Waals surface area contributed by atoms with Crippen LogP contribution in [0.5, 0.6) is 0 Å². The molecule has 38 heavy (non-hydrogen) atoms. The molecule has 1 aliphatic heterocycles. The van der Waals surface area contributed by atoms with Crippen LogP contribution in [0.2, 0.25) is 0 Å². The van der Waals surface area contributed by atoms with E-state index in [-0.39, 0.29) is 53.9 Å². The first kappa shape index (κ1) is 27.2. The number of hydrogen-bond donors (Lipinski definition) is 4. The molecule has 0 spiro atoms. The van der Waals surface area contributed by atoms with Crippen LogP contribution in [0, 0.1) is 22.7 Å². The average Bonchev–Trinajstić information content (AvgIpc) is 3.58. The second-order valence-corrected chi connectivity index (χ2v) is 13.6. The number of rotatable bonds is 6. The third-order valence-electron chi connectivity index (χ3n) is 9.49. The molecule has 3 aliphatic rings. The van der Waals surface area contributed by atoms with Gasteiger partial charge in [0.25, 0.3) is 5.91 Å². The largest absolute Gasteiger partial charge is 0.396 e. The van der Waals surface area contributed by atoms with Gasteiger partial charge in [-0.3, -0.25) is 19.7 Å². The molecule has 3 heterocycles. The minimum atomic E-state index is -0.712. The van der Waals surface area contributed by atoms with Crippen LogP contribution in [-0.2, 0) is 16.0 Å². The van der Waals surface area contributed by atoms with Crippen LogP contribution in [0.1, 0.15) is 72.1 Å². The van der Waals surface area contributed by atoms with Gasteiger partial charge in [0.1, 0.15) is 0 Å². The molecule has 5 rings (SSSR count). The van der Waals surface area contributed by atoms with Crippen LogP contribution in [0.4, 0.5) is 5.13 Å². The Morgan fingerprint density at radius 3 is 2.61 bits per heavy atom. The van der Waals surface area contributed by atoms with Crippen molar-refractivity contribution in [3.63, 3.8) is 0 Å². The topological polar surface area (TPSA) is 146 Å². The summed E-state index contributed by atoms with van der Waals surface area (Å²) in [4.78, 5) is 46.3. The van der Waals surface area contributed by atoms with Gasteiger partial charge in [-0.25, -0.2) is 4.98 Å². The highest BCUT2D eigenvalue weighted by molar-refractivity contribution is 7.16. The predicted molar refractivity (Wildman–Crippen MR) is 146 cm³/mol. The lowest BCUT2D eigenvalue weighted by Gasteiger charge is -2.58. The molecule has 1 saturated carbocycles. The van der Waals surface area contributed by atoms with Crippen molar-refractivity contribution in [3.05, 3.63) is 33.0 Å². The molecule has 2 aromatic heterocycles. The van der Waals surface area contributed by atoms with E-state index < -0.39 is 11.5 Å². The molecular weight excluding hydrogens is 524 g/mol. The van der Waals surface area contributed by atoms with E-state index in [9.17, 15) is 24.6 Å². The van der Waals surface area contributed by atoms with Crippen molar-refractivity contribution in [2.24, 2.45) is 28.4 Å². The number of nitrogens with one attached hydrogen (secondary N) is 1. The maximum Gasteiger partial charge on any atom is 0.267 e. The van der Waals surface area contributed by atoms with Gasteiger partial charge in [0.05, 0.1) is 23.3 Å². The second kappa shape index (κ2) is 10.3. The second-order valence-electron chi connectivity index (χ2n) is 11.6. The Bertz CT molecular complexity index is 1210. The smallest absolute Gasteiger partial charge is 0.267 e. The summed E-state index contributed by atoms with van der Waals surface area (Å²) in [5, 5.41) is 26.7. The number of primary amides is 1. The van der Waals surface area contributed by atoms with E-state index in [4.69, 9.17) is 10.7 Å². The van der Waals surface area contributed by atoms with Gasteiger partial charge in [-0.05, 0) is 54.9 Å². The van der Waals surface area contributed by atoms with Gasteiger partial charge in [-0.15, -0.1) is 22.7 Å². The molecule has 0 radical (unpaired) electrons. The fourth-order valence-corrected chi connectivity index (χ4v) is 8.67. The summed E-state index contributed by atoms with van der Waals surface area (Å²) in [7, 11) is 0. The predicted octanol–water partition coefficient (Wildman–Crippen LogP) is 2.99. The number of aliphatic hydroxyl groups excluding tert-OH is 2. The summed E-state index contributed by atoms with van der Waals surface area (Å²) in [6, 6.07) is 3.59. The number of likely N-dealkylation sites (tertiary alicyclic amines) is 1. The van der Waals surface area contributed by atoms with Crippen molar-refractivity contribution >= 4 is 45.5 Å². The van der Waals surface area contributed by atoms with Gasteiger partial charge in [-0.1, -0.05) is 19.9 Å². The van der Waals surface area contributed by atoms with Gasteiger partial charge < -0.3 is 20.8 Å². The monoisotopic (exact) mass is 560 g/mol. The summed E-state index contributed by atoms with van der Waals surface area (Å²) < 4.78 is 0. The zero-order chi connectivity index (χ0) is 27.2. The van der Waals surface area contributed by atoms with Crippen LogP contribution < -0.4 is 11.1 Å². The zero-order valence-corrected chi connectivity index (χ0v) is 23.4.